The highest BCUT2D eigenvalue weighted by atomic mass is 32.2. The number of thiazole rings is 1. The molecule has 3 rings (SSSR count). The molecule has 0 aliphatic carbocycles. The first-order valence-electron chi connectivity index (χ1n) is 7.89. The van der Waals surface area contributed by atoms with Crippen molar-refractivity contribution in [1.29, 1.82) is 0 Å². The van der Waals surface area contributed by atoms with Crippen molar-refractivity contribution in [2.75, 3.05) is 0 Å². The fraction of sp³-hybridized carbons (Fsp3) is 0.316. The van der Waals surface area contributed by atoms with Crippen molar-refractivity contribution in [3.8, 4) is 10.8 Å². The molecule has 0 atom stereocenters. The zero-order valence-electron chi connectivity index (χ0n) is 14.4. The number of benzene rings is 1. The second-order valence-corrected chi connectivity index (χ2v) is 8.61. The molecule has 3 nitrogen and oxygen atoms in total. The van der Waals surface area contributed by atoms with Gasteiger partial charge in [-0.3, -0.25) is 0 Å². The van der Waals surface area contributed by atoms with Crippen LogP contribution in [0.1, 0.15) is 37.6 Å². The molecule has 0 spiro atoms. The van der Waals surface area contributed by atoms with E-state index in [0.29, 0.717) is 5.82 Å². The van der Waals surface area contributed by atoms with Crippen LogP contribution in [0.25, 0.3) is 10.8 Å². The summed E-state index contributed by atoms with van der Waals surface area (Å²) in [7, 11) is 0. The quantitative estimate of drug-likeness (QED) is 0.579. The topological polar surface area (TPSA) is 38.7 Å². The van der Waals surface area contributed by atoms with E-state index in [1.807, 2.05) is 17.8 Å². The minimum atomic E-state index is 0.168. The van der Waals surface area contributed by atoms with Gasteiger partial charge in [0.1, 0.15) is 0 Å². The number of nitrogens with zero attached hydrogens (tertiary/aromatic N) is 3. The van der Waals surface area contributed by atoms with Gasteiger partial charge in [0.15, 0.2) is 10.8 Å². The summed E-state index contributed by atoms with van der Waals surface area (Å²) in [5.74, 6) is 1.56. The predicted molar refractivity (Wildman–Crippen MR) is 103 cm³/mol. The Morgan fingerprint density at radius 2 is 1.88 bits per heavy atom. The molecule has 0 amide bonds. The van der Waals surface area contributed by atoms with E-state index in [4.69, 9.17) is 0 Å². The van der Waals surface area contributed by atoms with Crippen LogP contribution in [-0.4, -0.2) is 15.0 Å². The van der Waals surface area contributed by atoms with Crippen molar-refractivity contribution in [3.05, 3.63) is 58.9 Å². The fourth-order valence-electron chi connectivity index (χ4n) is 2.26. The molecule has 0 bridgehead atoms. The second kappa shape index (κ2) is 7.03. The van der Waals surface area contributed by atoms with E-state index < -0.39 is 0 Å². The van der Waals surface area contributed by atoms with Crippen molar-refractivity contribution in [3.63, 3.8) is 0 Å². The van der Waals surface area contributed by atoms with Crippen molar-refractivity contribution < 1.29 is 0 Å². The summed E-state index contributed by atoms with van der Waals surface area (Å²) < 4.78 is 0. The van der Waals surface area contributed by atoms with E-state index in [9.17, 15) is 0 Å². The third-order valence-corrected chi connectivity index (χ3v) is 5.82. The highest BCUT2D eigenvalue weighted by Crippen LogP contribution is 2.32. The Kier molecular flexibility index (Phi) is 5.01. The number of hydrogen-bond donors (Lipinski definition) is 0. The number of hydrogen-bond acceptors (Lipinski definition) is 5. The maximum absolute atomic E-state index is 4.67. The highest BCUT2D eigenvalue weighted by Gasteiger charge is 2.15. The van der Waals surface area contributed by atoms with Gasteiger partial charge in [0, 0.05) is 28.4 Å². The zero-order chi connectivity index (χ0) is 17.2. The van der Waals surface area contributed by atoms with E-state index in [0.717, 1.165) is 16.5 Å². The summed E-state index contributed by atoms with van der Waals surface area (Å²) in [5, 5.41) is 2.98. The Bertz CT molecular complexity index is 820. The van der Waals surface area contributed by atoms with Crippen LogP contribution in [0.4, 0.5) is 0 Å². The van der Waals surface area contributed by atoms with E-state index >= 15 is 0 Å². The lowest BCUT2D eigenvalue weighted by Crippen LogP contribution is -2.11. The average Bonchev–Trinajstić information content (AvgIpc) is 3.03. The molecular weight excluding hydrogens is 334 g/mol. The van der Waals surface area contributed by atoms with Gasteiger partial charge in [-0.15, -0.1) is 23.1 Å². The van der Waals surface area contributed by atoms with Gasteiger partial charge in [0.25, 0.3) is 0 Å². The Morgan fingerprint density at radius 3 is 2.58 bits per heavy atom. The monoisotopic (exact) mass is 355 g/mol. The fourth-order valence-corrected chi connectivity index (χ4v) is 4.09. The first kappa shape index (κ1) is 17.1. The molecule has 0 unspecified atom stereocenters. The largest absolute Gasteiger partial charge is 0.237 e. The highest BCUT2D eigenvalue weighted by molar-refractivity contribution is 7.98. The molecule has 5 heteroatoms. The summed E-state index contributed by atoms with van der Waals surface area (Å²) in [6, 6.07) is 8.58. The van der Waals surface area contributed by atoms with E-state index in [2.05, 4.69) is 66.2 Å². The van der Waals surface area contributed by atoms with Crippen molar-refractivity contribution in [1.82, 2.24) is 15.0 Å². The molecule has 0 radical (unpaired) electrons. The molecule has 0 saturated carbocycles. The van der Waals surface area contributed by atoms with Gasteiger partial charge in [-0.2, -0.15) is 0 Å². The maximum atomic E-state index is 4.67. The number of rotatable bonds is 4. The Labute approximate surface area is 151 Å². The van der Waals surface area contributed by atoms with Crippen LogP contribution >= 0.6 is 23.1 Å². The number of aryl methyl sites for hydroxylation is 1. The second-order valence-electron chi connectivity index (χ2n) is 6.74. The summed E-state index contributed by atoms with van der Waals surface area (Å²) >= 11 is 3.44. The van der Waals surface area contributed by atoms with E-state index in [1.165, 1.54) is 16.0 Å². The van der Waals surface area contributed by atoms with Crippen molar-refractivity contribution >= 4 is 23.1 Å². The molecular formula is C19H21N3S2. The molecule has 1 aromatic carbocycles. The molecule has 0 N–H and O–H groups in total. The number of thioether (sulfide) groups is 1. The molecule has 2 heterocycles. The van der Waals surface area contributed by atoms with Crippen molar-refractivity contribution in [2.24, 2.45) is 0 Å². The number of aromatic nitrogens is 3. The summed E-state index contributed by atoms with van der Waals surface area (Å²) in [6.45, 7) is 8.91. The minimum absolute atomic E-state index is 0.168. The summed E-state index contributed by atoms with van der Waals surface area (Å²) in [6.07, 6.45) is 3.50. The van der Waals surface area contributed by atoms with Gasteiger partial charge < -0.3 is 0 Å². The lowest BCUT2D eigenvalue weighted by molar-refractivity contribution is 0.588. The first-order valence-corrected chi connectivity index (χ1v) is 9.76. The Balaban J connectivity index is 1.74. The third kappa shape index (κ3) is 4.02. The van der Waals surface area contributed by atoms with Crippen LogP contribution in [0.15, 0.2) is 46.9 Å². The SMILES string of the molecule is Cc1ccc(C(C)(C)C)cc1SCc1csc(-c2ncccn2)n1. The third-order valence-electron chi connectivity index (χ3n) is 3.74. The van der Waals surface area contributed by atoms with Gasteiger partial charge in [-0.05, 0) is 35.6 Å². The van der Waals surface area contributed by atoms with Crippen LogP contribution in [0.2, 0.25) is 0 Å². The molecule has 2 aromatic heterocycles. The standard InChI is InChI=1S/C19H21N3S2/c1-13-6-7-14(19(2,3)4)10-16(13)23-11-15-12-24-18(22-15)17-20-8-5-9-21-17/h5-10,12H,11H2,1-4H3. The van der Waals surface area contributed by atoms with Gasteiger partial charge in [0.05, 0.1) is 5.69 Å². The van der Waals surface area contributed by atoms with Crippen LogP contribution in [0.5, 0.6) is 0 Å². The van der Waals surface area contributed by atoms with Gasteiger partial charge in [-0.25, -0.2) is 15.0 Å². The molecule has 124 valence electrons. The van der Waals surface area contributed by atoms with Gasteiger partial charge >= 0.3 is 0 Å². The minimum Gasteiger partial charge on any atom is -0.237 e. The smallest absolute Gasteiger partial charge is 0.188 e. The Morgan fingerprint density at radius 1 is 1.12 bits per heavy atom. The molecule has 3 aromatic rings. The molecule has 0 fully saturated rings. The lowest BCUT2D eigenvalue weighted by atomic mass is 9.87. The van der Waals surface area contributed by atoms with Crippen LogP contribution < -0.4 is 0 Å². The maximum Gasteiger partial charge on any atom is 0.188 e. The predicted octanol–water partition coefficient (Wildman–Crippen LogP) is 5.50. The van der Waals surface area contributed by atoms with Crippen molar-refractivity contribution in [2.45, 2.75) is 43.8 Å². The molecule has 0 aliphatic rings. The van der Waals surface area contributed by atoms with E-state index in [-0.39, 0.29) is 5.41 Å². The van der Waals surface area contributed by atoms with Crippen LogP contribution in [-0.2, 0) is 11.2 Å². The summed E-state index contributed by atoms with van der Waals surface area (Å²) in [5.41, 5.74) is 3.93. The molecule has 24 heavy (non-hydrogen) atoms. The zero-order valence-corrected chi connectivity index (χ0v) is 16.0. The van der Waals surface area contributed by atoms with Gasteiger partial charge in [-0.1, -0.05) is 32.9 Å². The van der Waals surface area contributed by atoms with Crippen LogP contribution in [0, 0.1) is 6.92 Å². The van der Waals surface area contributed by atoms with E-state index in [1.54, 1.807) is 23.7 Å². The van der Waals surface area contributed by atoms with Gasteiger partial charge in [0.2, 0.25) is 0 Å². The molecule has 0 saturated heterocycles. The summed E-state index contributed by atoms with van der Waals surface area (Å²) in [4.78, 5) is 14.5. The Hall–Kier alpha value is -1.72. The first-order chi connectivity index (χ1) is 11.4. The van der Waals surface area contributed by atoms with Crippen LogP contribution in [0.3, 0.4) is 0 Å². The average molecular weight is 356 g/mol. The normalized spacial score (nSPS) is 11.7. The lowest BCUT2D eigenvalue weighted by Gasteiger charge is -2.20. The molecule has 0 aliphatic heterocycles.